The highest BCUT2D eigenvalue weighted by Crippen LogP contribution is 2.39. The molecule has 38 heavy (non-hydrogen) atoms. The van der Waals surface area contributed by atoms with Crippen molar-refractivity contribution >= 4 is 9.84 Å². The van der Waals surface area contributed by atoms with E-state index in [9.17, 15) is 17.9 Å². The first-order valence-corrected chi connectivity index (χ1v) is 14.5. The molecule has 11 heteroatoms. The number of ether oxygens (including phenoxy) is 1. The number of aromatic nitrogens is 1. The second kappa shape index (κ2) is 10.1. The van der Waals surface area contributed by atoms with Crippen LogP contribution in [0.4, 0.5) is 4.39 Å². The van der Waals surface area contributed by atoms with Crippen molar-refractivity contribution in [3.63, 3.8) is 0 Å². The van der Waals surface area contributed by atoms with Crippen molar-refractivity contribution in [3.05, 3.63) is 83.1 Å². The smallest absolute Gasteiger partial charge is 0.198 e. The number of sulfone groups is 1. The summed E-state index contributed by atoms with van der Waals surface area (Å²) in [4.78, 5) is 4.52. The standard InChI is InChI=1S/C27H32FN5O4S/c1-37-26(17-3-6-20(28)7-4-17)22-13-19(25-24(34)9-10-29-25)15-30-27(22)38(35,36)21-8-5-18-16-32-11-2-12-33(32)31-23(18)14-21/h2-4,6-7,11,13,15-16,21,23-26,29,31,34H,5,8-10,12,14H2,1H3/t21-,23?,24?,25?,26+/m1/s1. The molecule has 1 saturated carbocycles. The van der Waals surface area contributed by atoms with Crippen molar-refractivity contribution in [1.82, 2.24) is 25.9 Å². The number of hydrogen-bond acceptors (Lipinski definition) is 9. The Kier molecular flexibility index (Phi) is 6.83. The zero-order chi connectivity index (χ0) is 26.4. The van der Waals surface area contributed by atoms with E-state index in [1.807, 2.05) is 22.4 Å². The van der Waals surface area contributed by atoms with Crippen molar-refractivity contribution in [1.29, 1.82) is 0 Å². The second-order valence-corrected chi connectivity index (χ2v) is 12.4. The Morgan fingerprint density at radius 2 is 2.05 bits per heavy atom. The lowest BCUT2D eigenvalue weighted by Crippen LogP contribution is -2.55. The van der Waals surface area contributed by atoms with Gasteiger partial charge in [0.25, 0.3) is 0 Å². The highest BCUT2D eigenvalue weighted by molar-refractivity contribution is 7.92. The van der Waals surface area contributed by atoms with E-state index in [0.717, 1.165) is 6.54 Å². The molecule has 9 nitrogen and oxygen atoms in total. The number of rotatable bonds is 6. The maximum atomic E-state index is 14.2. The highest BCUT2D eigenvalue weighted by atomic mass is 32.2. The van der Waals surface area contributed by atoms with Crippen molar-refractivity contribution in [3.8, 4) is 0 Å². The number of benzene rings is 1. The summed E-state index contributed by atoms with van der Waals surface area (Å²) in [7, 11) is -2.35. The summed E-state index contributed by atoms with van der Waals surface area (Å²) in [6.07, 6.45) is 8.47. The van der Waals surface area contributed by atoms with Gasteiger partial charge < -0.3 is 15.2 Å². The van der Waals surface area contributed by atoms with Crippen LogP contribution in [0.15, 0.2) is 65.6 Å². The molecule has 1 aromatic heterocycles. The molecule has 0 amide bonds. The molecule has 1 aromatic carbocycles. The first kappa shape index (κ1) is 25.6. The predicted octanol–water partition coefficient (Wildman–Crippen LogP) is 2.50. The van der Waals surface area contributed by atoms with E-state index in [-0.39, 0.29) is 22.9 Å². The average molecular weight is 542 g/mol. The topological polar surface area (TPSA) is 107 Å². The van der Waals surface area contributed by atoms with Crippen LogP contribution < -0.4 is 10.7 Å². The third-order valence-electron chi connectivity index (χ3n) is 7.97. The number of nitrogens with one attached hydrogen (secondary N) is 2. The van der Waals surface area contributed by atoms with E-state index in [0.29, 0.717) is 48.9 Å². The molecule has 1 aliphatic carbocycles. The highest BCUT2D eigenvalue weighted by Gasteiger charge is 2.41. The minimum atomic E-state index is -3.85. The molecule has 3 aliphatic heterocycles. The third kappa shape index (κ3) is 4.57. The Hall–Kier alpha value is -2.67. The Morgan fingerprint density at radius 3 is 2.79 bits per heavy atom. The summed E-state index contributed by atoms with van der Waals surface area (Å²) < 4.78 is 47.9. The zero-order valence-electron chi connectivity index (χ0n) is 21.1. The molecule has 6 rings (SSSR count). The molecule has 202 valence electrons. The van der Waals surface area contributed by atoms with E-state index < -0.39 is 27.3 Å². The van der Waals surface area contributed by atoms with Gasteiger partial charge in [-0.3, -0.25) is 5.01 Å². The molecule has 5 atom stereocenters. The van der Waals surface area contributed by atoms with E-state index in [4.69, 9.17) is 4.74 Å². The van der Waals surface area contributed by atoms with Crippen LogP contribution in [0, 0.1) is 5.82 Å². The number of hydrogen-bond donors (Lipinski definition) is 3. The van der Waals surface area contributed by atoms with Gasteiger partial charge >= 0.3 is 0 Å². The molecule has 2 aromatic rings. The van der Waals surface area contributed by atoms with Crippen molar-refractivity contribution < 1.29 is 22.7 Å². The summed E-state index contributed by atoms with van der Waals surface area (Å²) in [5, 5.41) is 17.1. The van der Waals surface area contributed by atoms with Crippen molar-refractivity contribution in [2.75, 3.05) is 20.2 Å². The number of aliphatic hydroxyl groups excluding tert-OH is 1. The summed E-state index contributed by atoms with van der Waals surface area (Å²) in [6.45, 7) is 1.38. The number of methoxy groups -OCH3 is 1. The van der Waals surface area contributed by atoms with Gasteiger partial charge in [0.1, 0.15) is 11.9 Å². The first-order chi connectivity index (χ1) is 18.3. The molecule has 3 unspecified atom stereocenters. The Balaban J connectivity index is 1.37. The number of nitrogens with zero attached hydrogens (tertiary/aromatic N) is 3. The molecular formula is C27H32FN5O4S. The van der Waals surface area contributed by atoms with Gasteiger partial charge in [-0.2, -0.15) is 0 Å². The van der Waals surface area contributed by atoms with Crippen molar-refractivity contribution in [2.24, 2.45) is 0 Å². The summed E-state index contributed by atoms with van der Waals surface area (Å²) in [6, 6.07) is 7.18. The molecule has 3 N–H and O–H groups in total. The quantitative estimate of drug-likeness (QED) is 0.509. The molecule has 0 bridgehead atoms. The van der Waals surface area contributed by atoms with Crippen LogP contribution in [0.1, 0.15) is 54.5 Å². The maximum Gasteiger partial charge on any atom is 0.198 e. The van der Waals surface area contributed by atoms with Gasteiger partial charge in [-0.1, -0.05) is 12.1 Å². The average Bonchev–Trinajstić information content (AvgIpc) is 3.56. The summed E-state index contributed by atoms with van der Waals surface area (Å²) in [5.74, 6) is -0.389. The van der Waals surface area contributed by atoms with E-state index in [1.54, 1.807) is 24.4 Å². The number of aliphatic hydroxyl groups is 1. The van der Waals surface area contributed by atoms with E-state index in [2.05, 4.69) is 21.9 Å². The molecule has 4 heterocycles. The normalized spacial score (nSPS) is 28.2. The molecular weight excluding hydrogens is 509 g/mol. The molecule has 0 radical (unpaired) electrons. The fourth-order valence-corrected chi connectivity index (χ4v) is 7.85. The van der Waals surface area contributed by atoms with Gasteiger partial charge in [0.05, 0.1) is 23.9 Å². The molecule has 4 aliphatic rings. The molecule has 2 fully saturated rings. The Morgan fingerprint density at radius 1 is 1.24 bits per heavy atom. The SMILES string of the molecule is CO[C@@H](c1ccc(F)cc1)c1cc(C2NCCC2O)cnc1S(=O)(=O)[C@@H]1CCC2=CN3C=CCN3NC2C1. The number of fused-ring (bicyclic) bond motifs is 2. The van der Waals surface area contributed by atoms with Gasteiger partial charge in [-0.25, -0.2) is 23.2 Å². The van der Waals surface area contributed by atoms with Crippen LogP contribution >= 0.6 is 0 Å². The minimum Gasteiger partial charge on any atom is -0.391 e. The van der Waals surface area contributed by atoms with Crippen LogP contribution in [0.25, 0.3) is 0 Å². The number of halogens is 1. The van der Waals surface area contributed by atoms with Crippen LogP contribution in [0.3, 0.4) is 0 Å². The van der Waals surface area contributed by atoms with E-state index >= 15 is 0 Å². The Labute approximate surface area is 221 Å². The van der Waals surface area contributed by atoms with Gasteiger partial charge in [-0.15, -0.1) is 5.12 Å². The Bertz CT molecular complexity index is 1370. The van der Waals surface area contributed by atoms with E-state index in [1.165, 1.54) is 24.8 Å². The monoisotopic (exact) mass is 541 g/mol. The van der Waals surface area contributed by atoms with Crippen molar-refractivity contribution in [2.45, 2.75) is 60.3 Å². The predicted molar refractivity (Wildman–Crippen MR) is 138 cm³/mol. The lowest BCUT2D eigenvalue weighted by molar-refractivity contribution is 0.00605. The molecule has 0 spiro atoms. The summed E-state index contributed by atoms with van der Waals surface area (Å²) >= 11 is 0. The zero-order valence-corrected chi connectivity index (χ0v) is 21.9. The number of hydrazine groups is 2. The third-order valence-corrected chi connectivity index (χ3v) is 10.2. The lowest BCUT2D eigenvalue weighted by Gasteiger charge is -2.41. The fraction of sp³-hybridized carbons (Fsp3) is 0.444. The van der Waals surface area contributed by atoms with Gasteiger partial charge in [0.2, 0.25) is 0 Å². The first-order valence-electron chi connectivity index (χ1n) is 13.0. The largest absolute Gasteiger partial charge is 0.391 e. The van der Waals surface area contributed by atoms with Gasteiger partial charge in [-0.05, 0) is 73.2 Å². The number of pyridine rings is 1. The van der Waals surface area contributed by atoms with Crippen LogP contribution in [0.5, 0.6) is 0 Å². The second-order valence-electron chi connectivity index (χ2n) is 10.3. The molecule has 1 saturated heterocycles. The summed E-state index contributed by atoms with van der Waals surface area (Å²) in [5.41, 5.74) is 6.34. The van der Waals surface area contributed by atoms with Crippen LogP contribution in [-0.4, -0.2) is 66.2 Å². The van der Waals surface area contributed by atoms with Gasteiger partial charge in [0.15, 0.2) is 14.9 Å². The lowest BCUT2D eigenvalue weighted by atomic mass is 9.90. The van der Waals surface area contributed by atoms with Crippen LogP contribution in [0.2, 0.25) is 0 Å². The minimum absolute atomic E-state index is 0.0254. The van der Waals surface area contributed by atoms with Crippen LogP contribution in [-0.2, 0) is 14.6 Å². The van der Waals surface area contributed by atoms with Gasteiger partial charge in [0, 0.05) is 37.3 Å². The fourth-order valence-electron chi connectivity index (χ4n) is 5.97. The maximum absolute atomic E-state index is 14.2.